The fourth-order valence-corrected chi connectivity index (χ4v) is 3.62. The molecule has 8 heteroatoms. The number of rotatable bonds is 4. The topological polar surface area (TPSA) is 107 Å². The largest absolute Gasteiger partial charge is 0.364 e. The minimum atomic E-state index is -3.73. The molecular formula is C16H17N3O4S. The Morgan fingerprint density at radius 3 is 2.71 bits per heavy atom. The van der Waals surface area contributed by atoms with Gasteiger partial charge in [-0.15, -0.1) is 0 Å². The summed E-state index contributed by atoms with van der Waals surface area (Å²) in [5, 5.41) is 16.1. The molecule has 1 aliphatic heterocycles. The van der Waals surface area contributed by atoms with Gasteiger partial charge in [0.2, 0.25) is 10.0 Å². The van der Waals surface area contributed by atoms with Crippen LogP contribution in [0.5, 0.6) is 0 Å². The van der Waals surface area contributed by atoms with E-state index in [1.807, 2.05) is 13.0 Å². The lowest BCUT2D eigenvalue weighted by atomic mass is 10.1. The summed E-state index contributed by atoms with van der Waals surface area (Å²) in [6.45, 7) is 2.55. The number of non-ortho nitro benzene ring substituents is 1. The van der Waals surface area contributed by atoms with E-state index in [9.17, 15) is 18.5 Å². The van der Waals surface area contributed by atoms with Crippen molar-refractivity contribution in [2.24, 2.45) is 5.14 Å². The summed E-state index contributed by atoms with van der Waals surface area (Å²) in [5.41, 5.74) is 2.74. The zero-order valence-corrected chi connectivity index (χ0v) is 13.9. The van der Waals surface area contributed by atoms with Crippen LogP contribution >= 0.6 is 0 Å². The molecule has 0 saturated carbocycles. The lowest BCUT2D eigenvalue weighted by Crippen LogP contribution is -2.28. The first-order valence-corrected chi connectivity index (χ1v) is 8.96. The number of anilines is 1. The van der Waals surface area contributed by atoms with Gasteiger partial charge in [-0.05, 0) is 42.7 Å². The number of fused-ring (bicyclic) bond motifs is 1. The van der Waals surface area contributed by atoms with Crippen molar-refractivity contribution < 1.29 is 13.3 Å². The summed E-state index contributed by atoms with van der Waals surface area (Å²) >= 11 is 0. The van der Waals surface area contributed by atoms with Gasteiger partial charge in [0.05, 0.1) is 9.82 Å². The van der Waals surface area contributed by atoms with E-state index in [1.54, 1.807) is 24.3 Å². The lowest BCUT2D eigenvalue weighted by Gasteiger charge is -2.25. The molecule has 2 aromatic carbocycles. The maximum Gasteiger partial charge on any atom is 0.269 e. The van der Waals surface area contributed by atoms with E-state index in [0.29, 0.717) is 13.0 Å². The first kappa shape index (κ1) is 16.4. The highest BCUT2D eigenvalue weighted by molar-refractivity contribution is 7.89. The molecular weight excluding hydrogens is 330 g/mol. The smallest absolute Gasteiger partial charge is 0.269 e. The summed E-state index contributed by atoms with van der Waals surface area (Å²) in [6.07, 6.45) is 0.702. The van der Waals surface area contributed by atoms with Crippen molar-refractivity contribution in [3.63, 3.8) is 0 Å². The Hall–Kier alpha value is -2.45. The molecule has 7 nitrogen and oxygen atoms in total. The molecule has 1 heterocycles. The van der Waals surface area contributed by atoms with Crippen molar-refractivity contribution in [1.82, 2.24) is 0 Å². The molecule has 0 aromatic heterocycles. The maximum absolute atomic E-state index is 11.5. The predicted molar refractivity (Wildman–Crippen MR) is 90.3 cm³/mol. The van der Waals surface area contributed by atoms with E-state index in [2.05, 4.69) is 4.90 Å². The minimum absolute atomic E-state index is 0.0594. The third-order valence-electron chi connectivity index (χ3n) is 4.21. The number of hydrogen-bond acceptors (Lipinski definition) is 5. The molecule has 1 aliphatic rings. The summed E-state index contributed by atoms with van der Waals surface area (Å²) in [7, 11) is -3.73. The lowest BCUT2D eigenvalue weighted by molar-refractivity contribution is -0.384. The van der Waals surface area contributed by atoms with Gasteiger partial charge in [-0.2, -0.15) is 0 Å². The third kappa shape index (κ3) is 3.10. The molecule has 0 radical (unpaired) electrons. The zero-order chi connectivity index (χ0) is 17.5. The number of nitrogens with two attached hydrogens (primary N) is 1. The third-order valence-corrected chi connectivity index (χ3v) is 5.12. The van der Waals surface area contributed by atoms with E-state index < -0.39 is 14.9 Å². The summed E-state index contributed by atoms with van der Waals surface area (Å²) in [5.74, 6) is 0. The van der Waals surface area contributed by atoms with Crippen LogP contribution in [-0.2, 0) is 23.0 Å². The van der Waals surface area contributed by atoms with Gasteiger partial charge in [-0.25, -0.2) is 13.6 Å². The quantitative estimate of drug-likeness (QED) is 0.674. The second kappa shape index (κ2) is 5.88. The van der Waals surface area contributed by atoms with Crippen molar-refractivity contribution in [3.05, 3.63) is 63.7 Å². The van der Waals surface area contributed by atoms with Gasteiger partial charge in [0.15, 0.2) is 0 Å². The second-order valence-electron chi connectivity index (χ2n) is 5.94. The van der Waals surface area contributed by atoms with Crippen LogP contribution < -0.4 is 10.0 Å². The molecule has 2 aromatic rings. The SMILES string of the molecule is CC1Cc2cc(S(N)(=O)=O)ccc2N1Cc1cccc([N+](=O)[O-])c1. The normalized spacial score (nSPS) is 16.9. The number of sulfonamides is 1. The first-order chi connectivity index (χ1) is 11.3. The van der Waals surface area contributed by atoms with Crippen LogP contribution in [0.1, 0.15) is 18.1 Å². The fourth-order valence-electron chi connectivity index (χ4n) is 3.05. The van der Waals surface area contributed by atoms with Crippen LogP contribution in [-0.4, -0.2) is 19.4 Å². The molecule has 1 atom stereocenters. The zero-order valence-electron chi connectivity index (χ0n) is 13.0. The molecule has 0 bridgehead atoms. The van der Waals surface area contributed by atoms with Crippen molar-refractivity contribution in [1.29, 1.82) is 0 Å². The van der Waals surface area contributed by atoms with Crippen LogP contribution in [0.25, 0.3) is 0 Å². The van der Waals surface area contributed by atoms with Gasteiger partial charge >= 0.3 is 0 Å². The standard InChI is InChI=1S/C16H17N3O4S/c1-11-7-13-9-15(24(17,22)23)5-6-16(13)18(11)10-12-3-2-4-14(8-12)19(20)21/h2-6,8-9,11H,7,10H2,1H3,(H2,17,22,23). The van der Waals surface area contributed by atoms with Crippen molar-refractivity contribution in [2.45, 2.75) is 30.8 Å². The van der Waals surface area contributed by atoms with Crippen LogP contribution in [0.2, 0.25) is 0 Å². The van der Waals surface area contributed by atoms with E-state index in [-0.39, 0.29) is 16.6 Å². The average Bonchev–Trinajstić information content (AvgIpc) is 2.82. The first-order valence-electron chi connectivity index (χ1n) is 7.41. The van der Waals surface area contributed by atoms with Crippen molar-refractivity contribution in [2.75, 3.05) is 4.90 Å². The molecule has 1 unspecified atom stereocenters. The van der Waals surface area contributed by atoms with Crippen molar-refractivity contribution in [3.8, 4) is 0 Å². The Morgan fingerprint density at radius 2 is 2.04 bits per heavy atom. The van der Waals surface area contributed by atoms with Crippen LogP contribution in [0.4, 0.5) is 11.4 Å². The van der Waals surface area contributed by atoms with Crippen LogP contribution in [0.3, 0.4) is 0 Å². The highest BCUT2D eigenvalue weighted by Crippen LogP contribution is 2.35. The maximum atomic E-state index is 11.5. The van der Waals surface area contributed by atoms with Gasteiger partial charge in [0, 0.05) is 30.4 Å². The predicted octanol–water partition coefficient (Wildman–Crippen LogP) is 2.19. The van der Waals surface area contributed by atoms with Gasteiger partial charge in [0.1, 0.15) is 0 Å². The minimum Gasteiger partial charge on any atom is -0.364 e. The Bertz CT molecular complexity index is 911. The monoisotopic (exact) mass is 347 g/mol. The van der Waals surface area contributed by atoms with Crippen LogP contribution in [0.15, 0.2) is 47.4 Å². The number of nitro benzene ring substituents is 1. The fraction of sp³-hybridized carbons (Fsp3) is 0.250. The van der Waals surface area contributed by atoms with Crippen molar-refractivity contribution >= 4 is 21.4 Å². The van der Waals surface area contributed by atoms with E-state index in [4.69, 9.17) is 5.14 Å². The molecule has 24 heavy (non-hydrogen) atoms. The number of benzene rings is 2. The average molecular weight is 347 g/mol. The number of hydrogen-bond donors (Lipinski definition) is 1. The molecule has 0 amide bonds. The van der Waals surface area contributed by atoms with E-state index >= 15 is 0 Å². The Kier molecular flexibility index (Phi) is 4.02. The molecule has 0 spiro atoms. The van der Waals surface area contributed by atoms with E-state index in [1.165, 1.54) is 12.1 Å². The van der Waals surface area contributed by atoms with Gasteiger partial charge in [-0.3, -0.25) is 10.1 Å². The van der Waals surface area contributed by atoms with E-state index in [0.717, 1.165) is 16.8 Å². The second-order valence-corrected chi connectivity index (χ2v) is 7.51. The summed E-state index contributed by atoms with van der Waals surface area (Å²) < 4.78 is 23.0. The highest BCUT2D eigenvalue weighted by Gasteiger charge is 2.27. The Labute approximate surface area is 139 Å². The molecule has 0 fully saturated rings. The summed E-state index contributed by atoms with van der Waals surface area (Å²) in [6, 6.07) is 11.5. The Balaban J connectivity index is 1.92. The summed E-state index contributed by atoms with van der Waals surface area (Å²) in [4.78, 5) is 12.7. The molecule has 126 valence electrons. The number of nitrogens with zero attached hydrogens (tertiary/aromatic N) is 2. The molecule has 2 N–H and O–H groups in total. The molecule has 0 aliphatic carbocycles. The van der Waals surface area contributed by atoms with Gasteiger partial charge in [-0.1, -0.05) is 12.1 Å². The molecule has 0 saturated heterocycles. The number of nitro groups is 1. The number of primary sulfonamides is 1. The highest BCUT2D eigenvalue weighted by atomic mass is 32.2. The Morgan fingerprint density at radius 1 is 1.29 bits per heavy atom. The van der Waals surface area contributed by atoms with Crippen LogP contribution in [0, 0.1) is 10.1 Å². The molecule has 3 rings (SSSR count). The van der Waals surface area contributed by atoms with Gasteiger partial charge < -0.3 is 4.90 Å². The van der Waals surface area contributed by atoms with Gasteiger partial charge in [0.25, 0.3) is 5.69 Å².